The van der Waals surface area contributed by atoms with E-state index < -0.39 is 10.0 Å². The summed E-state index contributed by atoms with van der Waals surface area (Å²) in [6.45, 7) is 5.91. The zero-order valence-electron chi connectivity index (χ0n) is 17.4. The minimum atomic E-state index is -3.70. The quantitative estimate of drug-likeness (QED) is 0.592. The lowest BCUT2D eigenvalue weighted by Crippen LogP contribution is -2.36. The van der Waals surface area contributed by atoms with Crippen molar-refractivity contribution < 1.29 is 13.2 Å². The van der Waals surface area contributed by atoms with Gasteiger partial charge in [-0.15, -0.1) is 0 Å². The number of para-hydroxylation sites is 1. The van der Waals surface area contributed by atoms with Crippen LogP contribution in [0.1, 0.15) is 35.3 Å². The van der Waals surface area contributed by atoms with Crippen molar-refractivity contribution in [1.29, 1.82) is 0 Å². The van der Waals surface area contributed by atoms with E-state index in [1.54, 1.807) is 12.1 Å². The second-order valence-electron chi connectivity index (χ2n) is 7.42. The van der Waals surface area contributed by atoms with E-state index in [1.165, 1.54) is 16.4 Å². The number of benzene rings is 3. The van der Waals surface area contributed by atoms with Gasteiger partial charge in [0.2, 0.25) is 10.0 Å². The maximum atomic E-state index is 13.2. The highest BCUT2D eigenvalue weighted by Gasteiger charge is 2.27. The highest BCUT2D eigenvalue weighted by molar-refractivity contribution is 7.89. The summed E-state index contributed by atoms with van der Waals surface area (Å²) in [4.78, 5) is 12.7. The summed E-state index contributed by atoms with van der Waals surface area (Å²) < 4.78 is 27.9. The summed E-state index contributed by atoms with van der Waals surface area (Å²) in [7, 11) is -3.70. The molecular weight excluding hydrogens is 396 g/mol. The molecule has 0 atom stereocenters. The summed E-state index contributed by atoms with van der Waals surface area (Å²) in [5, 5.41) is 2.86. The van der Waals surface area contributed by atoms with Crippen molar-refractivity contribution in [2.45, 2.75) is 38.3 Å². The van der Waals surface area contributed by atoms with Gasteiger partial charge < -0.3 is 5.32 Å². The molecule has 0 heterocycles. The molecule has 3 aromatic rings. The molecule has 0 aliphatic carbocycles. The van der Waals surface area contributed by atoms with E-state index in [9.17, 15) is 13.2 Å². The van der Waals surface area contributed by atoms with Crippen molar-refractivity contribution in [3.8, 4) is 0 Å². The van der Waals surface area contributed by atoms with Gasteiger partial charge in [-0.2, -0.15) is 4.31 Å². The molecule has 6 heteroatoms. The van der Waals surface area contributed by atoms with E-state index in [4.69, 9.17) is 0 Å². The molecule has 0 spiro atoms. The highest BCUT2D eigenvalue weighted by Crippen LogP contribution is 2.22. The monoisotopic (exact) mass is 422 g/mol. The first-order valence-corrected chi connectivity index (χ1v) is 11.3. The summed E-state index contributed by atoms with van der Waals surface area (Å²) in [6, 6.07) is 22.9. The number of carbonyl (C=O) groups excluding carboxylic acids is 1. The Kier molecular flexibility index (Phi) is 6.70. The molecule has 0 unspecified atom stereocenters. The van der Waals surface area contributed by atoms with Crippen LogP contribution in [0.5, 0.6) is 0 Å². The van der Waals surface area contributed by atoms with Gasteiger partial charge in [-0.3, -0.25) is 4.79 Å². The number of aryl methyl sites for hydroxylation is 1. The fraction of sp³-hybridized carbons (Fsp3) is 0.208. The molecule has 0 radical (unpaired) electrons. The molecule has 0 aliphatic rings. The van der Waals surface area contributed by atoms with Crippen LogP contribution in [0.2, 0.25) is 0 Å². The number of sulfonamides is 1. The molecule has 0 aromatic heterocycles. The lowest BCUT2D eigenvalue weighted by Gasteiger charge is -2.26. The minimum Gasteiger partial charge on any atom is -0.322 e. The maximum Gasteiger partial charge on any atom is 0.255 e. The third-order valence-corrected chi connectivity index (χ3v) is 6.91. The molecule has 5 nitrogen and oxygen atoms in total. The Labute approximate surface area is 178 Å². The predicted molar refractivity (Wildman–Crippen MR) is 120 cm³/mol. The molecule has 3 rings (SSSR count). The highest BCUT2D eigenvalue weighted by atomic mass is 32.2. The standard InChI is InChI=1S/C24H26N2O3S/c1-18(2)26(17-20-10-5-4-6-11-20)30(28,29)22-15-13-21(14-16-22)24(27)25-23-12-8-7-9-19(23)3/h4-16,18H,17H2,1-3H3,(H,25,27). The Hall–Kier alpha value is -2.96. The Morgan fingerprint density at radius 3 is 2.10 bits per heavy atom. The number of carbonyl (C=O) groups is 1. The molecule has 0 fully saturated rings. The molecule has 0 saturated heterocycles. The average Bonchev–Trinajstić information content (AvgIpc) is 2.74. The number of hydrogen-bond donors (Lipinski definition) is 1. The number of nitrogens with zero attached hydrogens (tertiary/aromatic N) is 1. The summed E-state index contributed by atoms with van der Waals surface area (Å²) in [5.74, 6) is -0.279. The summed E-state index contributed by atoms with van der Waals surface area (Å²) >= 11 is 0. The fourth-order valence-electron chi connectivity index (χ4n) is 3.13. The van der Waals surface area contributed by atoms with Crippen LogP contribution in [-0.4, -0.2) is 24.7 Å². The Morgan fingerprint density at radius 2 is 1.50 bits per heavy atom. The molecule has 30 heavy (non-hydrogen) atoms. The van der Waals surface area contributed by atoms with E-state index in [-0.39, 0.29) is 23.4 Å². The van der Waals surface area contributed by atoms with Crippen LogP contribution < -0.4 is 5.32 Å². The van der Waals surface area contributed by atoms with Gasteiger partial charge in [0.15, 0.2) is 0 Å². The lowest BCUT2D eigenvalue weighted by molar-refractivity contribution is 0.102. The Balaban J connectivity index is 1.81. The number of rotatable bonds is 7. The third-order valence-electron chi connectivity index (χ3n) is 4.87. The minimum absolute atomic E-state index is 0.166. The van der Waals surface area contributed by atoms with E-state index in [0.29, 0.717) is 5.56 Å². The smallest absolute Gasteiger partial charge is 0.255 e. The SMILES string of the molecule is Cc1ccccc1NC(=O)c1ccc(S(=O)(=O)N(Cc2ccccc2)C(C)C)cc1. The second kappa shape index (κ2) is 9.24. The number of amides is 1. The van der Waals surface area contributed by atoms with Gasteiger partial charge in [-0.25, -0.2) is 8.42 Å². The van der Waals surface area contributed by atoms with Gasteiger partial charge in [0.1, 0.15) is 0 Å². The van der Waals surface area contributed by atoms with Crippen molar-refractivity contribution >= 4 is 21.6 Å². The van der Waals surface area contributed by atoms with Gasteiger partial charge in [0, 0.05) is 23.8 Å². The molecule has 0 saturated carbocycles. The van der Waals surface area contributed by atoms with Gasteiger partial charge in [0.25, 0.3) is 5.91 Å². The molecular formula is C24H26N2O3S. The van der Waals surface area contributed by atoms with Gasteiger partial charge in [0.05, 0.1) is 4.90 Å². The second-order valence-corrected chi connectivity index (χ2v) is 9.31. The van der Waals surface area contributed by atoms with Crippen LogP contribution in [-0.2, 0) is 16.6 Å². The van der Waals surface area contributed by atoms with Gasteiger partial charge in [-0.1, -0.05) is 48.5 Å². The van der Waals surface area contributed by atoms with Crippen LogP contribution in [0.3, 0.4) is 0 Å². The predicted octanol–water partition coefficient (Wildman–Crippen LogP) is 4.85. The number of nitrogens with one attached hydrogen (secondary N) is 1. The van der Waals surface area contributed by atoms with Gasteiger partial charge >= 0.3 is 0 Å². The van der Waals surface area contributed by atoms with Crippen molar-refractivity contribution in [3.05, 3.63) is 95.6 Å². The summed E-state index contributed by atoms with van der Waals surface area (Å²) in [5.41, 5.74) is 3.01. The van der Waals surface area contributed by atoms with Crippen LogP contribution in [0.25, 0.3) is 0 Å². The normalized spacial score (nSPS) is 11.6. The average molecular weight is 423 g/mol. The van der Waals surface area contributed by atoms with Crippen LogP contribution in [0.15, 0.2) is 83.8 Å². The zero-order chi connectivity index (χ0) is 21.7. The number of hydrogen-bond acceptors (Lipinski definition) is 3. The van der Waals surface area contributed by atoms with E-state index in [2.05, 4.69) is 5.32 Å². The van der Waals surface area contributed by atoms with Crippen molar-refractivity contribution in [2.24, 2.45) is 0 Å². The van der Waals surface area contributed by atoms with Crippen molar-refractivity contribution in [2.75, 3.05) is 5.32 Å². The topological polar surface area (TPSA) is 66.5 Å². The van der Waals surface area contributed by atoms with Crippen LogP contribution in [0, 0.1) is 6.92 Å². The number of anilines is 1. The molecule has 0 bridgehead atoms. The first-order chi connectivity index (χ1) is 14.3. The third kappa shape index (κ3) is 4.96. The van der Waals surface area contributed by atoms with Crippen LogP contribution >= 0.6 is 0 Å². The summed E-state index contributed by atoms with van der Waals surface area (Å²) in [6.07, 6.45) is 0. The van der Waals surface area contributed by atoms with E-state index in [0.717, 1.165) is 16.8 Å². The van der Waals surface area contributed by atoms with E-state index in [1.807, 2.05) is 75.4 Å². The first-order valence-electron chi connectivity index (χ1n) is 9.82. The Bertz CT molecular complexity index is 1110. The van der Waals surface area contributed by atoms with E-state index >= 15 is 0 Å². The first kappa shape index (κ1) is 21.7. The molecule has 3 aromatic carbocycles. The maximum absolute atomic E-state index is 13.2. The van der Waals surface area contributed by atoms with Crippen LogP contribution in [0.4, 0.5) is 5.69 Å². The van der Waals surface area contributed by atoms with Gasteiger partial charge in [-0.05, 0) is 62.2 Å². The fourth-order valence-corrected chi connectivity index (χ4v) is 4.75. The Morgan fingerprint density at radius 1 is 0.900 bits per heavy atom. The molecule has 1 N–H and O–H groups in total. The largest absolute Gasteiger partial charge is 0.322 e. The zero-order valence-corrected chi connectivity index (χ0v) is 18.2. The van der Waals surface area contributed by atoms with Crippen molar-refractivity contribution in [1.82, 2.24) is 4.31 Å². The lowest BCUT2D eigenvalue weighted by atomic mass is 10.1. The molecule has 0 aliphatic heterocycles. The molecule has 156 valence electrons. The van der Waals surface area contributed by atoms with Crippen molar-refractivity contribution in [3.63, 3.8) is 0 Å². The molecule has 1 amide bonds.